The van der Waals surface area contributed by atoms with Gasteiger partial charge >= 0.3 is 0 Å². The molecule has 0 saturated heterocycles. The normalized spacial score (nSPS) is 13.1. The predicted molar refractivity (Wildman–Crippen MR) is 262 cm³/mol. The summed E-state index contributed by atoms with van der Waals surface area (Å²) in [6, 6.07) is 36.9. The molecule has 0 aliphatic carbocycles. The fourth-order valence-corrected chi connectivity index (χ4v) is 9.40. The Morgan fingerprint density at radius 1 is 0.305 bits per heavy atom. The third kappa shape index (κ3) is 19.2. The maximum absolute atomic E-state index is 6.13. The van der Waals surface area contributed by atoms with E-state index in [-0.39, 0.29) is 0 Å². The van der Waals surface area contributed by atoms with Crippen molar-refractivity contribution in [2.75, 3.05) is 11.5 Å². The minimum absolute atomic E-state index is 0.426. The summed E-state index contributed by atoms with van der Waals surface area (Å²) in [4.78, 5) is 0. The second kappa shape index (κ2) is 29.7. The Labute approximate surface area is 363 Å². The zero-order chi connectivity index (χ0) is 41.8. The third-order valence-electron chi connectivity index (χ3n) is 13.1. The molecule has 2 atom stereocenters. The van der Waals surface area contributed by atoms with Gasteiger partial charge in [-0.15, -0.1) is 0 Å². The molecule has 2 nitrogen and oxygen atoms in total. The van der Waals surface area contributed by atoms with Crippen LogP contribution in [0.4, 0.5) is 11.4 Å². The summed E-state index contributed by atoms with van der Waals surface area (Å²) in [7, 11) is 0. The highest BCUT2D eigenvalue weighted by Gasteiger charge is 2.18. The second-order valence-electron chi connectivity index (χ2n) is 18.3. The number of nitrogens with two attached hydrogens (primary N) is 2. The van der Waals surface area contributed by atoms with E-state index in [0.717, 1.165) is 24.2 Å². The van der Waals surface area contributed by atoms with Gasteiger partial charge in [0.25, 0.3) is 0 Å². The van der Waals surface area contributed by atoms with Gasteiger partial charge in [-0.25, -0.2) is 0 Å². The molecule has 4 rings (SSSR count). The van der Waals surface area contributed by atoms with Crippen LogP contribution in [-0.4, -0.2) is 0 Å². The summed E-state index contributed by atoms with van der Waals surface area (Å²) in [6.45, 7) is 6.92. The van der Waals surface area contributed by atoms with Crippen LogP contribution in [0, 0.1) is 5.92 Å². The van der Waals surface area contributed by atoms with Crippen molar-refractivity contribution in [1.82, 2.24) is 0 Å². The lowest BCUT2D eigenvalue weighted by atomic mass is 9.83. The predicted octanol–water partition coefficient (Wildman–Crippen LogP) is 17.3. The van der Waals surface area contributed by atoms with Gasteiger partial charge in [0.15, 0.2) is 0 Å². The maximum atomic E-state index is 6.13. The standard InChI is InChI=1S/C57H86N2/c1-4-7-10-13-15-17-19-21-24-27-56(52-37-41-54(58)42-38-52)50-33-29-47(30-34-50)45-49(26-23-12-9-6-3)46-48-31-35-51(36-32-48)57(53-39-43-55(59)44-40-53)28-25-22-20-18-16-14-11-8-5-2/h29-44,49,56-57H,4-28,45-46,58-59H2,1-3H3. The largest absolute Gasteiger partial charge is 0.399 e. The van der Waals surface area contributed by atoms with Crippen molar-refractivity contribution in [3.05, 3.63) is 130 Å². The number of benzene rings is 4. The van der Waals surface area contributed by atoms with E-state index >= 15 is 0 Å². The van der Waals surface area contributed by atoms with Gasteiger partial charge in [0, 0.05) is 23.2 Å². The van der Waals surface area contributed by atoms with Crippen LogP contribution >= 0.6 is 0 Å². The number of unbranched alkanes of at least 4 members (excludes halogenated alkanes) is 19. The SMILES string of the molecule is CCCCCCCCCCCC(c1ccc(N)cc1)c1ccc(CC(CCCCCC)Cc2ccc(C(CCCCCCCCCCC)c3ccc(N)cc3)cc2)cc1. The first kappa shape index (κ1) is 48.1. The van der Waals surface area contributed by atoms with Gasteiger partial charge < -0.3 is 11.5 Å². The quantitative estimate of drug-likeness (QED) is 0.0373. The molecule has 2 unspecified atom stereocenters. The van der Waals surface area contributed by atoms with Gasteiger partial charge in [0.1, 0.15) is 0 Å². The van der Waals surface area contributed by atoms with Crippen LogP contribution in [0.5, 0.6) is 0 Å². The molecule has 59 heavy (non-hydrogen) atoms. The lowest BCUT2D eigenvalue weighted by Gasteiger charge is -2.21. The third-order valence-corrected chi connectivity index (χ3v) is 13.1. The maximum Gasteiger partial charge on any atom is 0.0314 e. The molecule has 4 aromatic carbocycles. The Balaban J connectivity index is 1.39. The summed E-state index contributed by atoms with van der Waals surface area (Å²) in [5.41, 5.74) is 22.6. The second-order valence-corrected chi connectivity index (χ2v) is 18.3. The van der Waals surface area contributed by atoms with Crippen molar-refractivity contribution < 1.29 is 0 Å². The van der Waals surface area contributed by atoms with Gasteiger partial charge in [-0.1, -0.05) is 235 Å². The molecule has 0 heterocycles. The van der Waals surface area contributed by atoms with Crippen molar-refractivity contribution in [1.29, 1.82) is 0 Å². The summed E-state index contributed by atoms with van der Waals surface area (Å²) in [5.74, 6) is 1.50. The zero-order valence-corrected chi connectivity index (χ0v) is 38.2. The molecular formula is C57H86N2. The monoisotopic (exact) mass is 799 g/mol. The van der Waals surface area contributed by atoms with Gasteiger partial charge in [-0.3, -0.25) is 0 Å². The molecule has 0 bridgehead atoms. The van der Waals surface area contributed by atoms with Crippen molar-refractivity contribution in [2.24, 2.45) is 5.92 Å². The van der Waals surface area contributed by atoms with E-state index in [4.69, 9.17) is 11.5 Å². The van der Waals surface area contributed by atoms with Crippen molar-refractivity contribution >= 4 is 11.4 Å². The van der Waals surface area contributed by atoms with Crippen molar-refractivity contribution in [2.45, 2.75) is 206 Å². The Bertz CT molecular complexity index is 1470. The van der Waals surface area contributed by atoms with Crippen LogP contribution in [0.3, 0.4) is 0 Å². The summed E-state index contributed by atoms with van der Waals surface area (Å²) in [5, 5.41) is 0. The summed E-state index contributed by atoms with van der Waals surface area (Å²) >= 11 is 0. The summed E-state index contributed by atoms with van der Waals surface area (Å²) < 4.78 is 0. The van der Waals surface area contributed by atoms with E-state index < -0.39 is 0 Å². The molecule has 0 radical (unpaired) electrons. The fourth-order valence-electron chi connectivity index (χ4n) is 9.40. The average Bonchev–Trinajstić information content (AvgIpc) is 3.25. The molecule has 324 valence electrons. The zero-order valence-electron chi connectivity index (χ0n) is 38.2. The molecule has 0 aliphatic heterocycles. The molecule has 0 amide bonds. The number of anilines is 2. The van der Waals surface area contributed by atoms with E-state index in [2.05, 4.69) is 118 Å². The molecule has 0 aliphatic rings. The first-order valence-corrected chi connectivity index (χ1v) is 24.9. The van der Waals surface area contributed by atoms with Crippen LogP contribution in [0.2, 0.25) is 0 Å². The number of rotatable bonds is 33. The van der Waals surface area contributed by atoms with Gasteiger partial charge in [0.2, 0.25) is 0 Å². The fraction of sp³-hybridized carbons (Fsp3) is 0.579. The van der Waals surface area contributed by atoms with Gasteiger partial charge in [-0.05, 0) is 95.7 Å². The van der Waals surface area contributed by atoms with Crippen LogP contribution in [-0.2, 0) is 12.8 Å². The van der Waals surface area contributed by atoms with E-state index in [1.807, 2.05) is 0 Å². The lowest BCUT2D eigenvalue weighted by Crippen LogP contribution is -2.10. The smallest absolute Gasteiger partial charge is 0.0314 e. The molecule has 0 spiro atoms. The number of hydrogen-bond donors (Lipinski definition) is 2. The molecule has 0 aromatic heterocycles. The highest BCUT2D eigenvalue weighted by atomic mass is 14.5. The molecule has 4 aromatic rings. The topological polar surface area (TPSA) is 52.0 Å². The minimum atomic E-state index is 0.426. The van der Waals surface area contributed by atoms with Crippen molar-refractivity contribution in [3.63, 3.8) is 0 Å². The highest BCUT2D eigenvalue weighted by Crippen LogP contribution is 2.34. The Morgan fingerprint density at radius 2 is 0.559 bits per heavy atom. The molecular weight excluding hydrogens is 713 g/mol. The molecule has 0 saturated carbocycles. The van der Waals surface area contributed by atoms with E-state index in [1.165, 1.54) is 194 Å². The Hall–Kier alpha value is -3.52. The molecule has 0 fully saturated rings. The Morgan fingerprint density at radius 3 is 0.881 bits per heavy atom. The van der Waals surface area contributed by atoms with E-state index in [9.17, 15) is 0 Å². The van der Waals surface area contributed by atoms with E-state index in [1.54, 1.807) is 0 Å². The van der Waals surface area contributed by atoms with Crippen LogP contribution in [0.1, 0.15) is 227 Å². The van der Waals surface area contributed by atoms with Crippen LogP contribution in [0.25, 0.3) is 0 Å². The average molecular weight is 799 g/mol. The molecule has 4 N–H and O–H groups in total. The highest BCUT2D eigenvalue weighted by molar-refractivity contribution is 5.44. The van der Waals surface area contributed by atoms with Crippen LogP contribution in [0.15, 0.2) is 97.1 Å². The first-order valence-electron chi connectivity index (χ1n) is 24.9. The first-order chi connectivity index (χ1) is 29.0. The van der Waals surface area contributed by atoms with Gasteiger partial charge in [-0.2, -0.15) is 0 Å². The number of hydrogen-bond acceptors (Lipinski definition) is 2. The lowest BCUT2D eigenvalue weighted by molar-refractivity contribution is 0.449. The number of nitrogen functional groups attached to an aromatic ring is 2. The summed E-state index contributed by atoms with van der Waals surface area (Å²) in [6.07, 6.45) is 35.9. The van der Waals surface area contributed by atoms with Crippen LogP contribution < -0.4 is 11.5 Å². The van der Waals surface area contributed by atoms with E-state index in [0.29, 0.717) is 17.8 Å². The Kier molecular flexibility index (Phi) is 24.2. The van der Waals surface area contributed by atoms with Crippen molar-refractivity contribution in [3.8, 4) is 0 Å². The minimum Gasteiger partial charge on any atom is -0.399 e. The van der Waals surface area contributed by atoms with Gasteiger partial charge in [0.05, 0.1) is 0 Å². The molecule has 2 heteroatoms.